The molecule has 0 aromatic heterocycles. The SMILES string of the molecule is C=CCC1(c2ccccc2)OC(=O)N=C1c1ccccc1. The topological polar surface area (TPSA) is 38.7 Å². The quantitative estimate of drug-likeness (QED) is 0.789. The van der Waals surface area contributed by atoms with E-state index in [1.165, 1.54) is 0 Å². The van der Waals surface area contributed by atoms with Gasteiger partial charge >= 0.3 is 6.09 Å². The molecule has 0 aliphatic carbocycles. The Labute approximate surface area is 123 Å². The van der Waals surface area contributed by atoms with Crippen LogP contribution in [0.4, 0.5) is 4.79 Å². The maximum atomic E-state index is 11.8. The molecule has 0 saturated heterocycles. The van der Waals surface area contributed by atoms with Crippen molar-refractivity contribution in [2.24, 2.45) is 4.99 Å². The first-order valence-corrected chi connectivity index (χ1v) is 6.80. The van der Waals surface area contributed by atoms with E-state index >= 15 is 0 Å². The van der Waals surface area contributed by atoms with Gasteiger partial charge in [-0.1, -0.05) is 66.7 Å². The Morgan fingerprint density at radius 3 is 2.29 bits per heavy atom. The molecule has 2 aromatic rings. The van der Waals surface area contributed by atoms with Gasteiger partial charge in [-0.2, -0.15) is 4.99 Å². The van der Waals surface area contributed by atoms with E-state index in [2.05, 4.69) is 11.6 Å². The molecule has 3 rings (SSSR count). The standard InChI is InChI=1S/C18H15NO2/c1-2-13-18(15-11-7-4-8-12-15)16(19-17(20)21-18)14-9-5-3-6-10-14/h2-12H,1,13H2. The molecule has 104 valence electrons. The number of benzene rings is 2. The number of carbonyl (C=O) groups excluding carboxylic acids is 1. The van der Waals surface area contributed by atoms with Crippen molar-refractivity contribution >= 4 is 11.8 Å². The summed E-state index contributed by atoms with van der Waals surface area (Å²) >= 11 is 0. The first-order valence-electron chi connectivity index (χ1n) is 6.80. The minimum atomic E-state index is -0.887. The molecule has 0 radical (unpaired) electrons. The number of carbonyl (C=O) groups is 1. The van der Waals surface area contributed by atoms with Crippen LogP contribution >= 0.6 is 0 Å². The molecule has 21 heavy (non-hydrogen) atoms. The smallest absolute Gasteiger partial charge is 0.429 e. The molecule has 1 amide bonds. The van der Waals surface area contributed by atoms with Crippen molar-refractivity contribution in [3.8, 4) is 0 Å². The number of aliphatic imine (C=N–C) groups is 1. The second-order valence-corrected chi connectivity index (χ2v) is 4.88. The first-order chi connectivity index (χ1) is 10.3. The maximum Gasteiger partial charge on any atom is 0.435 e. The zero-order valence-electron chi connectivity index (χ0n) is 11.5. The predicted molar refractivity (Wildman–Crippen MR) is 82.4 cm³/mol. The Balaban J connectivity index is 2.18. The van der Waals surface area contributed by atoms with Crippen molar-refractivity contribution in [1.82, 2.24) is 0 Å². The molecule has 3 nitrogen and oxygen atoms in total. The average molecular weight is 277 g/mol. The maximum absolute atomic E-state index is 11.8. The fourth-order valence-electron chi connectivity index (χ4n) is 2.66. The number of nitrogens with zero attached hydrogens (tertiary/aromatic N) is 1. The van der Waals surface area contributed by atoms with E-state index in [9.17, 15) is 4.79 Å². The summed E-state index contributed by atoms with van der Waals surface area (Å²) in [6.45, 7) is 3.80. The lowest BCUT2D eigenvalue weighted by Gasteiger charge is -2.29. The first kappa shape index (κ1) is 13.3. The Kier molecular flexibility index (Phi) is 3.40. The van der Waals surface area contributed by atoms with Crippen LogP contribution in [0.1, 0.15) is 17.5 Å². The summed E-state index contributed by atoms with van der Waals surface area (Å²) in [5, 5.41) is 0. The van der Waals surface area contributed by atoms with E-state index in [1.807, 2.05) is 60.7 Å². The fourth-order valence-corrected chi connectivity index (χ4v) is 2.66. The zero-order valence-corrected chi connectivity index (χ0v) is 11.5. The van der Waals surface area contributed by atoms with Crippen molar-refractivity contribution in [2.45, 2.75) is 12.0 Å². The van der Waals surface area contributed by atoms with Crippen molar-refractivity contribution in [3.63, 3.8) is 0 Å². The van der Waals surface area contributed by atoms with E-state index in [0.29, 0.717) is 12.1 Å². The van der Waals surface area contributed by atoms with Gasteiger partial charge in [-0.25, -0.2) is 4.79 Å². The van der Waals surface area contributed by atoms with E-state index in [0.717, 1.165) is 11.1 Å². The van der Waals surface area contributed by atoms with Crippen LogP contribution in [0.2, 0.25) is 0 Å². The fraction of sp³-hybridized carbons (Fsp3) is 0.111. The zero-order chi connectivity index (χ0) is 14.7. The van der Waals surface area contributed by atoms with E-state index in [-0.39, 0.29) is 0 Å². The van der Waals surface area contributed by atoms with Gasteiger partial charge in [-0.15, -0.1) is 6.58 Å². The van der Waals surface area contributed by atoms with E-state index in [4.69, 9.17) is 4.74 Å². The summed E-state index contributed by atoms with van der Waals surface area (Å²) in [7, 11) is 0. The third-order valence-electron chi connectivity index (χ3n) is 3.57. The van der Waals surface area contributed by atoms with Crippen LogP contribution in [0.25, 0.3) is 0 Å². The summed E-state index contributed by atoms with van der Waals surface area (Å²) in [6, 6.07) is 19.3. The molecular formula is C18H15NO2. The molecule has 1 aliphatic heterocycles. The molecule has 0 spiro atoms. The Bertz CT molecular complexity index is 692. The number of hydrogen-bond acceptors (Lipinski definition) is 2. The molecular weight excluding hydrogens is 262 g/mol. The molecule has 1 unspecified atom stereocenters. The molecule has 0 saturated carbocycles. The highest BCUT2D eigenvalue weighted by Gasteiger charge is 2.46. The van der Waals surface area contributed by atoms with Gasteiger partial charge in [0.25, 0.3) is 0 Å². The summed E-state index contributed by atoms with van der Waals surface area (Å²) in [5.41, 5.74) is 1.54. The number of hydrogen-bond donors (Lipinski definition) is 0. The number of amides is 1. The molecule has 3 heteroatoms. The Morgan fingerprint density at radius 1 is 1.05 bits per heavy atom. The lowest BCUT2D eigenvalue weighted by molar-refractivity contribution is 0.0826. The van der Waals surface area contributed by atoms with Crippen molar-refractivity contribution in [3.05, 3.63) is 84.4 Å². The Hall–Kier alpha value is -2.68. The molecule has 1 aliphatic rings. The van der Waals surface area contributed by atoms with Gasteiger partial charge in [0.2, 0.25) is 0 Å². The normalized spacial score (nSPS) is 20.8. The largest absolute Gasteiger partial charge is 0.435 e. The minimum Gasteiger partial charge on any atom is -0.429 e. The molecule has 0 fully saturated rings. The summed E-state index contributed by atoms with van der Waals surface area (Å²) in [6.07, 6.45) is 1.68. The third kappa shape index (κ3) is 2.27. The molecule has 2 aromatic carbocycles. The predicted octanol–water partition coefficient (Wildman–Crippen LogP) is 4.10. The lowest BCUT2D eigenvalue weighted by atomic mass is 9.82. The molecule has 0 bridgehead atoms. The number of rotatable bonds is 4. The van der Waals surface area contributed by atoms with Crippen LogP contribution in [0.15, 0.2) is 78.3 Å². The summed E-state index contributed by atoms with van der Waals surface area (Å²) < 4.78 is 5.63. The van der Waals surface area contributed by atoms with Crippen LogP contribution in [0.3, 0.4) is 0 Å². The van der Waals surface area contributed by atoms with Gasteiger partial charge < -0.3 is 4.74 Å². The highest BCUT2D eigenvalue weighted by atomic mass is 16.6. The average Bonchev–Trinajstić information content (AvgIpc) is 2.87. The summed E-state index contributed by atoms with van der Waals surface area (Å²) in [4.78, 5) is 16.0. The van der Waals surface area contributed by atoms with Gasteiger partial charge in [0.05, 0.1) is 0 Å². The highest BCUT2D eigenvalue weighted by molar-refractivity contribution is 6.14. The second kappa shape index (κ2) is 5.37. The summed E-state index contributed by atoms with van der Waals surface area (Å²) in [5.74, 6) is 0. The molecule has 0 N–H and O–H groups in total. The van der Waals surface area contributed by atoms with Gasteiger partial charge in [-0.3, -0.25) is 0 Å². The van der Waals surface area contributed by atoms with Gasteiger partial charge in [0.15, 0.2) is 5.60 Å². The number of cyclic esters (lactones) is 1. The van der Waals surface area contributed by atoms with E-state index in [1.54, 1.807) is 6.08 Å². The lowest BCUT2D eigenvalue weighted by Crippen LogP contribution is -2.35. The third-order valence-corrected chi connectivity index (χ3v) is 3.57. The Morgan fingerprint density at radius 2 is 1.67 bits per heavy atom. The molecule has 1 heterocycles. The van der Waals surface area contributed by atoms with Crippen LogP contribution in [-0.2, 0) is 10.3 Å². The van der Waals surface area contributed by atoms with Crippen LogP contribution in [0.5, 0.6) is 0 Å². The highest BCUT2D eigenvalue weighted by Crippen LogP contribution is 2.38. The van der Waals surface area contributed by atoms with Gasteiger partial charge in [0, 0.05) is 17.5 Å². The minimum absolute atomic E-state index is 0.483. The van der Waals surface area contributed by atoms with Crippen LogP contribution < -0.4 is 0 Å². The van der Waals surface area contributed by atoms with Crippen molar-refractivity contribution < 1.29 is 9.53 Å². The van der Waals surface area contributed by atoms with Gasteiger partial charge in [-0.05, 0) is 0 Å². The number of ether oxygens (including phenoxy) is 1. The second-order valence-electron chi connectivity index (χ2n) is 4.88. The van der Waals surface area contributed by atoms with Gasteiger partial charge in [0.1, 0.15) is 5.71 Å². The van der Waals surface area contributed by atoms with Crippen LogP contribution in [-0.4, -0.2) is 11.8 Å². The van der Waals surface area contributed by atoms with Crippen molar-refractivity contribution in [1.29, 1.82) is 0 Å². The van der Waals surface area contributed by atoms with E-state index < -0.39 is 11.7 Å². The van der Waals surface area contributed by atoms with Crippen LogP contribution in [0, 0.1) is 0 Å². The molecule has 1 atom stereocenters. The monoisotopic (exact) mass is 277 g/mol. The van der Waals surface area contributed by atoms with Crippen molar-refractivity contribution in [2.75, 3.05) is 0 Å².